The van der Waals surface area contributed by atoms with Crippen molar-refractivity contribution in [2.75, 3.05) is 5.32 Å². The summed E-state index contributed by atoms with van der Waals surface area (Å²) < 4.78 is 5.54. The van der Waals surface area contributed by atoms with Crippen LogP contribution in [-0.4, -0.2) is 26.8 Å². The largest absolute Gasteiger partial charge is 0.477 e. The number of rotatable bonds is 4. The topological polar surface area (TPSA) is 104 Å². The van der Waals surface area contributed by atoms with Gasteiger partial charge in [-0.1, -0.05) is 11.6 Å². The summed E-state index contributed by atoms with van der Waals surface area (Å²) in [6.45, 7) is 0. The number of aromatic amines is 1. The number of allylic oxidation sites excluding steroid dienone is 1. The lowest BCUT2D eigenvalue weighted by Crippen LogP contribution is -2.12. The molecule has 134 valence electrons. The monoisotopic (exact) mass is 381 g/mol. The number of halogens is 1. The van der Waals surface area contributed by atoms with Gasteiger partial charge in [0, 0.05) is 34.1 Å². The number of aliphatic carboxylic acids is 1. The number of nitrogens with zero attached hydrogens (tertiary/aromatic N) is 1. The second-order valence-corrected chi connectivity index (χ2v) is 6.16. The molecule has 0 amide bonds. The predicted molar refractivity (Wildman–Crippen MR) is 99.9 cm³/mol. The van der Waals surface area contributed by atoms with Crippen molar-refractivity contribution in [3.05, 3.63) is 76.6 Å². The first-order valence-electron chi connectivity index (χ1n) is 7.89. The first-order valence-corrected chi connectivity index (χ1v) is 8.27. The van der Waals surface area contributed by atoms with Crippen LogP contribution in [0, 0.1) is 0 Å². The van der Waals surface area contributed by atoms with E-state index in [1.807, 2.05) is 6.07 Å². The normalized spacial score (nSPS) is 15.4. The van der Waals surface area contributed by atoms with Crippen LogP contribution in [0.1, 0.15) is 5.56 Å². The number of Topliss-reactive ketones (excluding diaryl/α,β-unsaturated/α-hetero) is 1. The number of carbonyl (C=O) groups excluding carboxylic acids is 1. The van der Waals surface area contributed by atoms with E-state index in [2.05, 4.69) is 15.3 Å². The molecule has 1 aliphatic heterocycles. The number of anilines is 1. The van der Waals surface area contributed by atoms with Crippen LogP contribution in [0.25, 0.3) is 17.1 Å². The Hall–Kier alpha value is -3.58. The van der Waals surface area contributed by atoms with Crippen molar-refractivity contribution in [1.82, 2.24) is 9.97 Å². The second kappa shape index (κ2) is 6.62. The molecule has 0 unspecified atom stereocenters. The molecule has 1 aliphatic rings. The number of hydrogen-bond acceptors (Lipinski definition) is 5. The van der Waals surface area contributed by atoms with Crippen LogP contribution in [0.2, 0.25) is 5.02 Å². The molecule has 3 aromatic rings. The zero-order valence-corrected chi connectivity index (χ0v) is 14.4. The molecule has 1 aromatic carbocycles. The third-order valence-electron chi connectivity index (χ3n) is 3.98. The maximum atomic E-state index is 12.5. The molecule has 7 nitrogen and oxygen atoms in total. The van der Waals surface area contributed by atoms with Gasteiger partial charge in [0.1, 0.15) is 5.65 Å². The zero-order chi connectivity index (χ0) is 19.0. The van der Waals surface area contributed by atoms with E-state index in [0.717, 1.165) is 5.39 Å². The second-order valence-electron chi connectivity index (χ2n) is 5.72. The van der Waals surface area contributed by atoms with E-state index in [0.29, 0.717) is 21.9 Å². The molecule has 0 saturated carbocycles. The number of ether oxygens (including phenoxy) is 1. The van der Waals surface area contributed by atoms with E-state index in [4.69, 9.17) is 16.3 Å². The molecule has 27 heavy (non-hydrogen) atoms. The van der Waals surface area contributed by atoms with Gasteiger partial charge < -0.3 is 20.1 Å². The van der Waals surface area contributed by atoms with E-state index in [1.54, 1.807) is 42.7 Å². The minimum Gasteiger partial charge on any atom is -0.477 e. The zero-order valence-electron chi connectivity index (χ0n) is 13.7. The van der Waals surface area contributed by atoms with Crippen LogP contribution >= 0.6 is 11.6 Å². The molecule has 0 atom stereocenters. The average Bonchev–Trinajstić information content (AvgIpc) is 3.19. The van der Waals surface area contributed by atoms with Gasteiger partial charge in [0.25, 0.3) is 0 Å². The Balaban J connectivity index is 1.69. The van der Waals surface area contributed by atoms with Crippen LogP contribution in [0.4, 0.5) is 5.69 Å². The number of aromatic nitrogens is 2. The molecule has 0 fully saturated rings. The first kappa shape index (κ1) is 16.9. The van der Waals surface area contributed by atoms with Crippen LogP contribution in [-0.2, 0) is 14.3 Å². The molecule has 3 heterocycles. The number of pyridine rings is 1. The minimum atomic E-state index is -1.37. The van der Waals surface area contributed by atoms with E-state index in [1.165, 1.54) is 6.08 Å². The first-order chi connectivity index (χ1) is 13.0. The Kier molecular flexibility index (Phi) is 4.13. The van der Waals surface area contributed by atoms with Gasteiger partial charge in [-0.15, -0.1) is 0 Å². The van der Waals surface area contributed by atoms with Crippen molar-refractivity contribution >= 4 is 46.2 Å². The Bertz CT molecular complexity index is 1130. The molecule has 4 rings (SSSR count). The minimum absolute atomic E-state index is 0.0892. The molecule has 0 aliphatic carbocycles. The number of carboxylic acid groups (broad SMARTS) is 1. The Labute approximate surface area is 157 Å². The SMILES string of the molecule is O=C(O)C1=C(Nc2ccc(Cl)cc2)O/C(=C\c2c[nH]c3ncccc23)C1=O. The fourth-order valence-electron chi connectivity index (χ4n) is 2.71. The number of fused-ring (bicyclic) bond motifs is 1. The number of benzene rings is 1. The predicted octanol–water partition coefficient (Wildman–Crippen LogP) is 3.56. The molecule has 0 radical (unpaired) electrons. The molecule has 0 saturated heterocycles. The van der Waals surface area contributed by atoms with Gasteiger partial charge in [-0.2, -0.15) is 0 Å². The van der Waals surface area contributed by atoms with Gasteiger partial charge in [0.15, 0.2) is 11.3 Å². The lowest BCUT2D eigenvalue weighted by atomic mass is 10.1. The van der Waals surface area contributed by atoms with E-state index < -0.39 is 17.3 Å². The van der Waals surface area contributed by atoms with Crippen LogP contribution in [0.5, 0.6) is 0 Å². The van der Waals surface area contributed by atoms with Crippen molar-refractivity contribution < 1.29 is 19.4 Å². The number of hydrogen-bond donors (Lipinski definition) is 3. The van der Waals surface area contributed by atoms with Gasteiger partial charge in [-0.05, 0) is 42.5 Å². The lowest BCUT2D eigenvalue weighted by Gasteiger charge is -2.08. The molecular weight excluding hydrogens is 370 g/mol. The maximum absolute atomic E-state index is 12.5. The molecule has 0 bridgehead atoms. The third-order valence-corrected chi connectivity index (χ3v) is 4.23. The third kappa shape index (κ3) is 3.16. The van der Waals surface area contributed by atoms with E-state index >= 15 is 0 Å². The summed E-state index contributed by atoms with van der Waals surface area (Å²) in [5.41, 5.74) is 1.40. The van der Waals surface area contributed by atoms with Crippen LogP contribution < -0.4 is 5.32 Å². The van der Waals surface area contributed by atoms with E-state index in [-0.39, 0.29) is 11.6 Å². The molecular formula is C19H12ClN3O4. The summed E-state index contributed by atoms with van der Waals surface area (Å²) in [7, 11) is 0. The van der Waals surface area contributed by atoms with Crippen molar-refractivity contribution in [3.8, 4) is 0 Å². The van der Waals surface area contributed by atoms with Crippen molar-refractivity contribution in [3.63, 3.8) is 0 Å². The smallest absolute Gasteiger partial charge is 0.345 e. The number of ketones is 1. The number of carboxylic acids is 1. The van der Waals surface area contributed by atoms with Crippen molar-refractivity contribution in [2.24, 2.45) is 0 Å². The van der Waals surface area contributed by atoms with Crippen molar-refractivity contribution in [1.29, 1.82) is 0 Å². The number of H-pyrrole nitrogens is 1. The van der Waals surface area contributed by atoms with Gasteiger partial charge in [-0.3, -0.25) is 4.79 Å². The lowest BCUT2D eigenvalue weighted by molar-refractivity contribution is -0.134. The quantitative estimate of drug-likeness (QED) is 0.471. The summed E-state index contributed by atoms with van der Waals surface area (Å²) in [6, 6.07) is 10.2. The molecule has 8 heteroatoms. The highest BCUT2D eigenvalue weighted by atomic mass is 35.5. The number of nitrogens with one attached hydrogen (secondary N) is 2. The summed E-state index contributed by atoms with van der Waals surface area (Å²) in [6.07, 6.45) is 4.81. The highest BCUT2D eigenvalue weighted by Crippen LogP contribution is 2.29. The Morgan fingerprint density at radius 3 is 2.78 bits per heavy atom. The fourth-order valence-corrected chi connectivity index (χ4v) is 2.84. The van der Waals surface area contributed by atoms with Gasteiger partial charge in [-0.25, -0.2) is 9.78 Å². The van der Waals surface area contributed by atoms with Crippen LogP contribution in [0.3, 0.4) is 0 Å². The molecule has 3 N–H and O–H groups in total. The Morgan fingerprint density at radius 2 is 2.04 bits per heavy atom. The standard InChI is InChI=1S/C19H12ClN3O4/c20-11-3-5-12(6-4-11)23-18-15(19(25)26)16(24)14(27-18)8-10-9-22-17-13(10)2-1-7-21-17/h1-9,23H,(H,21,22)(H,25,26)/b14-8-. The fraction of sp³-hybridized carbons (Fsp3) is 0. The maximum Gasteiger partial charge on any atom is 0.345 e. The van der Waals surface area contributed by atoms with Gasteiger partial charge in [0.2, 0.25) is 11.7 Å². The van der Waals surface area contributed by atoms with E-state index in [9.17, 15) is 14.7 Å². The van der Waals surface area contributed by atoms with Crippen LogP contribution in [0.15, 0.2) is 66.0 Å². The van der Waals surface area contributed by atoms with Crippen molar-refractivity contribution in [2.45, 2.75) is 0 Å². The summed E-state index contributed by atoms with van der Waals surface area (Å²) >= 11 is 5.84. The summed E-state index contributed by atoms with van der Waals surface area (Å²) in [5.74, 6) is -2.31. The summed E-state index contributed by atoms with van der Waals surface area (Å²) in [4.78, 5) is 31.3. The number of carbonyl (C=O) groups is 2. The van der Waals surface area contributed by atoms with Gasteiger partial charge in [0.05, 0.1) is 0 Å². The average molecular weight is 382 g/mol. The molecule has 0 spiro atoms. The highest BCUT2D eigenvalue weighted by molar-refractivity contribution is 6.30. The Morgan fingerprint density at radius 1 is 1.26 bits per heavy atom. The molecule has 2 aromatic heterocycles. The summed E-state index contributed by atoms with van der Waals surface area (Å²) in [5, 5.41) is 13.6. The highest BCUT2D eigenvalue weighted by Gasteiger charge is 2.36. The van der Waals surface area contributed by atoms with Gasteiger partial charge >= 0.3 is 5.97 Å².